The van der Waals surface area contributed by atoms with Crippen LogP contribution in [0.25, 0.3) is 0 Å². The topological polar surface area (TPSA) is 49.3 Å². The molecule has 1 aromatic carbocycles. The van der Waals surface area contributed by atoms with Crippen molar-refractivity contribution in [3.63, 3.8) is 0 Å². The average molecular weight is 205 g/mol. The van der Waals surface area contributed by atoms with Crippen LogP contribution in [0.15, 0.2) is 24.3 Å². The van der Waals surface area contributed by atoms with Gasteiger partial charge in [-0.05, 0) is 43.0 Å². The van der Waals surface area contributed by atoms with Crippen LogP contribution in [0.5, 0.6) is 0 Å². The normalized spacial score (nSPS) is 24.3. The number of aromatic carboxylic acids is 1. The molecule has 0 amide bonds. The fourth-order valence-electron chi connectivity index (χ4n) is 1.96. The molecule has 0 aliphatic heterocycles. The van der Waals surface area contributed by atoms with Gasteiger partial charge < -0.3 is 10.4 Å². The maximum atomic E-state index is 10.6. The first kappa shape index (κ1) is 10.0. The Morgan fingerprint density at radius 3 is 2.40 bits per heavy atom. The third-order valence-electron chi connectivity index (χ3n) is 2.88. The summed E-state index contributed by atoms with van der Waals surface area (Å²) in [5.74, 6) is -0.0559. The summed E-state index contributed by atoms with van der Waals surface area (Å²) in [6, 6.07) is 7.48. The van der Waals surface area contributed by atoms with Gasteiger partial charge in [0, 0.05) is 11.7 Å². The van der Waals surface area contributed by atoms with E-state index in [2.05, 4.69) is 12.2 Å². The van der Waals surface area contributed by atoms with Crippen LogP contribution in [0.1, 0.15) is 30.1 Å². The lowest BCUT2D eigenvalue weighted by molar-refractivity contribution is 0.0697. The lowest BCUT2D eigenvalue weighted by Gasteiger charge is -2.34. The molecule has 1 aliphatic rings. The van der Waals surface area contributed by atoms with Crippen LogP contribution in [0.4, 0.5) is 5.69 Å². The van der Waals surface area contributed by atoms with Crippen molar-refractivity contribution in [1.82, 2.24) is 0 Å². The lowest BCUT2D eigenvalue weighted by atomic mass is 9.82. The van der Waals surface area contributed by atoms with Crippen LogP contribution >= 0.6 is 0 Å². The van der Waals surface area contributed by atoms with Gasteiger partial charge in [0.2, 0.25) is 0 Å². The summed E-state index contributed by atoms with van der Waals surface area (Å²) >= 11 is 0. The molecular weight excluding hydrogens is 190 g/mol. The number of benzene rings is 1. The molecule has 0 spiro atoms. The number of rotatable bonds is 3. The van der Waals surface area contributed by atoms with E-state index in [4.69, 9.17) is 5.11 Å². The van der Waals surface area contributed by atoms with Crippen molar-refractivity contribution < 1.29 is 9.90 Å². The molecule has 0 radical (unpaired) electrons. The highest BCUT2D eigenvalue weighted by Gasteiger charge is 2.24. The van der Waals surface area contributed by atoms with Crippen LogP contribution in [-0.2, 0) is 0 Å². The summed E-state index contributed by atoms with van der Waals surface area (Å²) in [4.78, 5) is 10.6. The van der Waals surface area contributed by atoms with Gasteiger partial charge in [-0.25, -0.2) is 4.79 Å². The van der Waals surface area contributed by atoms with E-state index in [1.807, 2.05) is 12.1 Å². The number of hydrogen-bond donors (Lipinski definition) is 2. The van der Waals surface area contributed by atoms with Crippen molar-refractivity contribution in [2.75, 3.05) is 5.32 Å². The molecule has 0 saturated heterocycles. The van der Waals surface area contributed by atoms with E-state index < -0.39 is 5.97 Å². The monoisotopic (exact) mass is 205 g/mol. The Balaban J connectivity index is 1.95. The minimum absolute atomic E-state index is 0.336. The molecule has 1 aliphatic carbocycles. The van der Waals surface area contributed by atoms with Gasteiger partial charge in [0.15, 0.2) is 0 Å². The SMILES string of the molecule is CC1CC(Nc2ccc(C(=O)O)cc2)C1. The highest BCUT2D eigenvalue weighted by atomic mass is 16.4. The van der Waals surface area contributed by atoms with Gasteiger partial charge in [0.1, 0.15) is 0 Å². The molecule has 80 valence electrons. The van der Waals surface area contributed by atoms with Gasteiger partial charge in [-0.3, -0.25) is 0 Å². The van der Waals surface area contributed by atoms with Crippen molar-refractivity contribution in [2.45, 2.75) is 25.8 Å². The van der Waals surface area contributed by atoms with E-state index in [1.54, 1.807) is 12.1 Å². The zero-order chi connectivity index (χ0) is 10.8. The van der Waals surface area contributed by atoms with Gasteiger partial charge in [-0.2, -0.15) is 0 Å². The van der Waals surface area contributed by atoms with E-state index in [-0.39, 0.29) is 0 Å². The zero-order valence-electron chi connectivity index (χ0n) is 8.73. The highest BCUT2D eigenvalue weighted by Crippen LogP contribution is 2.29. The van der Waals surface area contributed by atoms with Crippen LogP contribution < -0.4 is 5.32 Å². The summed E-state index contributed by atoms with van der Waals surface area (Å²) in [6.07, 6.45) is 2.42. The second-order valence-corrected chi connectivity index (χ2v) is 4.30. The lowest BCUT2D eigenvalue weighted by Crippen LogP contribution is -2.33. The Labute approximate surface area is 89.1 Å². The largest absolute Gasteiger partial charge is 0.478 e. The Hall–Kier alpha value is -1.51. The van der Waals surface area contributed by atoms with E-state index >= 15 is 0 Å². The van der Waals surface area contributed by atoms with Gasteiger partial charge in [0.05, 0.1) is 5.56 Å². The zero-order valence-corrected chi connectivity index (χ0v) is 8.73. The predicted octanol–water partition coefficient (Wildman–Crippen LogP) is 2.60. The fourth-order valence-corrected chi connectivity index (χ4v) is 1.96. The second kappa shape index (κ2) is 3.93. The van der Waals surface area contributed by atoms with Crippen molar-refractivity contribution in [1.29, 1.82) is 0 Å². The summed E-state index contributed by atoms with van der Waals surface area (Å²) in [6.45, 7) is 2.24. The first-order valence-electron chi connectivity index (χ1n) is 5.25. The summed E-state index contributed by atoms with van der Waals surface area (Å²) < 4.78 is 0. The van der Waals surface area contributed by atoms with E-state index in [0.717, 1.165) is 11.6 Å². The number of hydrogen-bond acceptors (Lipinski definition) is 2. The number of carboxylic acid groups (broad SMARTS) is 1. The standard InChI is InChI=1S/C12H15NO2/c1-8-6-11(7-8)13-10-4-2-9(3-5-10)12(14)15/h2-5,8,11,13H,6-7H2,1H3,(H,14,15). The number of anilines is 1. The molecule has 1 saturated carbocycles. The molecule has 0 atom stereocenters. The Bertz CT molecular complexity index is 352. The van der Waals surface area contributed by atoms with E-state index in [1.165, 1.54) is 12.8 Å². The molecule has 3 nitrogen and oxygen atoms in total. The first-order chi connectivity index (χ1) is 7.15. The molecule has 0 unspecified atom stereocenters. The molecule has 0 heterocycles. The smallest absolute Gasteiger partial charge is 0.335 e. The highest BCUT2D eigenvalue weighted by molar-refractivity contribution is 5.87. The molecule has 1 aromatic rings. The van der Waals surface area contributed by atoms with Crippen LogP contribution in [0.2, 0.25) is 0 Å². The third-order valence-corrected chi connectivity index (χ3v) is 2.88. The van der Waals surface area contributed by atoms with Crippen LogP contribution in [0.3, 0.4) is 0 Å². The van der Waals surface area contributed by atoms with Crippen LogP contribution in [0, 0.1) is 5.92 Å². The minimum Gasteiger partial charge on any atom is -0.478 e. The van der Waals surface area contributed by atoms with Gasteiger partial charge in [-0.1, -0.05) is 6.92 Å². The van der Waals surface area contributed by atoms with Crippen LogP contribution in [-0.4, -0.2) is 17.1 Å². The molecule has 1 fully saturated rings. The molecule has 15 heavy (non-hydrogen) atoms. The Kier molecular flexibility index (Phi) is 2.62. The van der Waals surface area contributed by atoms with Gasteiger partial charge in [0.25, 0.3) is 0 Å². The molecule has 0 bridgehead atoms. The summed E-state index contributed by atoms with van der Waals surface area (Å²) in [7, 11) is 0. The van der Waals surface area contributed by atoms with Crippen molar-refractivity contribution >= 4 is 11.7 Å². The van der Waals surface area contributed by atoms with Crippen molar-refractivity contribution in [3.05, 3.63) is 29.8 Å². The first-order valence-corrected chi connectivity index (χ1v) is 5.25. The molecule has 0 aromatic heterocycles. The van der Waals surface area contributed by atoms with Crippen molar-refractivity contribution in [2.24, 2.45) is 5.92 Å². The van der Waals surface area contributed by atoms with Crippen molar-refractivity contribution in [3.8, 4) is 0 Å². The fraction of sp³-hybridized carbons (Fsp3) is 0.417. The molecule has 2 rings (SSSR count). The maximum Gasteiger partial charge on any atom is 0.335 e. The predicted molar refractivity (Wildman–Crippen MR) is 59.2 cm³/mol. The molecule has 3 heteroatoms. The quantitative estimate of drug-likeness (QED) is 0.797. The Morgan fingerprint density at radius 1 is 1.33 bits per heavy atom. The number of carbonyl (C=O) groups is 1. The average Bonchev–Trinajstić information content (AvgIpc) is 2.16. The second-order valence-electron chi connectivity index (χ2n) is 4.30. The van der Waals surface area contributed by atoms with Gasteiger partial charge in [-0.15, -0.1) is 0 Å². The summed E-state index contributed by atoms with van der Waals surface area (Å²) in [5.41, 5.74) is 1.35. The molecular formula is C12H15NO2. The number of nitrogens with one attached hydrogen (secondary N) is 1. The Morgan fingerprint density at radius 2 is 1.93 bits per heavy atom. The summed E-state index contributed by atoms with van der Waals surface area (Å²) in [5, 5.41) is 12.1. The third kappa shape index (κ3) is 2.29. The maximum absolute atomic E-state index is 10.6. The molecule has 2 N–H and O–H groups in total. The van der Waals surface area contributed by atoms with Gasteiger partial charge >= 0.3 is 5.97 Å². The number of carboxylic acids is 1. The van der Waals surface area contributed by atoms with E-state index in [9.17, 15) is 4.79 Å². The minimum atomic E-state index is -0.876. The van der Waals surface area contributed by atoms with E-state index in [0.29, 0.717) is 11.6 Å².